The van der Waals surface area contributed by atoms with Gasteiger partial charge >= 0.3 is 0 Å². The zero-order valence-electron chi connectivity index (χ0n) is 12.6. The van der Waals surface area contributed by atoms with Gasteiger partial charge in [0.15, 0.2) is 0 Å². The lowest BCUT2D eigenvalue weighted by molar-refractivity contribution is 0.403. The number of hydrogen-bond acceptors (Lipinski definition) is 3. The van der Waals surface area contributed by atoms with Gasteiger partial charge in [0.2, 0.25) is 0 Å². The number of hydrogen-bond donors (Lipinski definition) is 1. The van der Waals surface area contributed by atoms with Crippen LogP contribution in [0.2, 0.25) is 0 Å². The Kier molecular flexibility index (Phi) is 6.04. The summed E-state index contributed by atoms with van der Waals surface area (Å²) in [5, 5.41) is 12.4. The normalized spacial score (nSPS) is 14.3. The summed E-state index contributed by atoms with van der Waals surface area (Å²) in [6.45, 7) is 10.2. The van der Waals surface area contributed by atoms with Crippen molar-refractivity contribution in [1.82, 2.24) is 14.9 Å². The van der Waals surface area contributed by atoms with Crippen molar-refractivity contribution >= 4 is 0 Å². The van der Waals surface area contributed by atoms with Gasteiger partial charge in [-0.15, -0.1) is 0 Å². The zero-order valence-corrected chi connectivity index (χ0v) is 12.6. The van der Waals surface area contributed by atoms with Gasteiger partial charge in [0.1, 0.15) is 11.4 Å². The molecule has 1 heterocycles. The first-order valence-electron chi connectivity index (χ1n) is 7.19. The van der Waals surface area contributed by atoms with Gasteiger partial charge in [-0.25, -0.2) is 4.98 Å². The lowest BCUT2D eigenvalue weighted by Crippen LogP contribution is -2.40. The van der Waals surface area contributed by atoms with Crippen LogP contribution in [0.15, 0.2) is 12.4 Å². The molecule has 0 fully saturated rings. The summed E-state index contributed by atoms with van der Waals surface area (Å²) in [5.74, 6) is 1.61. The fourth-order valence-electron chi connectivity index (χ4n) is 2.35. The summed E-state index contributed by atoms with van der Waals surface area (Å²) < 4.78 is 2.22. The number of aromatic nitrogens is 2. The topological polar surface area (TPSA) is 53.6 Å². The Morgan fingerprint density at radius 1 is 1.47 bits per heavy atom. The molecule has 0 bridgehead atoms. The molecular formula is C15H26N4. The minimum atomic E-state index is -0.384. The molecule has 0 aliphatic rings. The molecule has 0 spiro atoms. The molecule has 4 nitrogen and oxygen atoms in total. The molecule has 0 radical (unpaired) electrons. The maximum Gasteiger partial charge on any atom is 0.111 e. The van der Waals surface area contributed by atoms with E-state index >= 15 is 0 Å². The third-order valence-electron chi connectivity index (χ3n) is 3.40. The van der Waals surface area contributed by atoms with Gasteiger partial charge in [-0.2, -0.15) is 5.26 Å². The second kappa shape index (κ2) is 7.30. The number of nitrogens with one attached hydrogen (secondary N) is 1. The first-order valence-corrected chi connectivity index (χ1v) is 7.19. The summed E-state index contributed by atoms with van der Waals surface area (Å²) in [4.78, 5) is 4.39. The van der Waals surface area contributed by atoms with Gasteiger partial charge in [-0.1, -0.05) is 20.8 Å². The van der Waals surface area contributed by atoms with Gasteiger partial charge in [0.25, 0.3) is 0 Å². The fraction of sp³-hybridized carbons (Fsp3) is 0.733. The van der Waals surface area contributed by atoms with Crippen molar-refractivity contribution in [3.63, 3.8) is 0 Å². The molecule has 1 rings (SSSR count). The standard InChI is InChI=1S/C15H26N4/c1-5-18-15(4,12-16)8-6-7-10-19-11-9-17-14(19)13(2)3/h9,11,13,18H,5-8,10H2,1-4H3. The molecule has 1 atom stereocenters. The molecule has 19 heavy (non-hydrogen) atoms. The van der Waals surface area contributed by atoms with Crippen LogP contribution in [0.25, 0.3) is 0 Å². The van der Waals surface area contributed by atoms with Crippen LogP contribution < -0.4 is 5.32 Å². The Morgan fingerprint density at radius 2 is 2.21 bits per heavy atom. The molecular weight excluding hydrogens is 236 g/mol. The van der Waals surface area contributed by atoms with Crippen molar-refractivity contribution in [3.05, 3.63) is 18.2 Å². The molecule has 0 saturated carbocycles. The van der Waals surface area contributed by atoms with Crippen LogP contribution in [-0.2, 0) is 6.54 Å². The van der Waals surface area contributed by atoms with E-state index in [0.717, 1.165) is 38.2 Å². The van der Waals surface area contributed by atoms with Crippen LogP contribution in [0.1, 0.15) is 58.7 Å². The van der Waals surface area contributed by atoms with Crippen LogP contribution in [0.5, 0.6) is 0 Å². The molecule has 1 aromatic heterocycles. The monoisotopic (exact) mass is 262 g/mol. The van der Waals surface area contributed by atoms with E-state index in [4.69, 9.17) is 0 Å². The maximum absolute atomic E-state index is 9.19. The summed E-state index contributed by atoms with van der Waals surface area (Å²) >= 11 is 0. The Morgan fingerprint density at radius 3 is 2.79 bits per heavy atom. The number of nitrogens with zero attached hydrogens (tertiary/aromatic N) is 3. The predicted octanol–water partition coefficient (Wildman–Crippen LogP) is 3.07. The van der Waals surface area contributed by atoms with Crippen molar-refractivity contribution in [3.8, 4) is 6.07 Å². The number of unbranched alkanes of at least 4 members (excludes halogenated alkanes) is 1. The highest BCUT2D eigenvalue weighted by Gasteiger charge is 2.21. The molecule has 1 aromatic rings. The van der Waals surface area contributed by atoms with Gasteiger partial charge < -0.3 is 4.57 Å². The Hall–Kier alpha value is -1.34. The van der Waals surface area contributed by atoms with Crippen LogP contribution >= 0.6 is 0 Å². The van der Waals surface area contributed by atoms with Crippen molar-refractivity contribution in [1.29, 1.82) is 5.26 Å². The highest BCUT2D eigenvalue weighted by molar-refractivity contribution is 5.03. The minimum Gasteiger partial charge on any atom is -0.335 e. The van der Waals surface area contributed by atoms with Crippen molar-refractivity contribution < 1.29 is 0 Å². The smallest absolute Gasteiger partial charge is 0.111 e. The second-order valence-electron chi connectivity index (χ2n) is 5.56. The number of aryl methyl sites for hydroxylation is 1. The quantitative estimate of drug-likeness (QED) is 0.733. The summed E-state index contributed by atoms with van der Waals surface area (Å²) in [6, 6.07) is 2.37. The lowest BCUT2D eigenvalue weighted by Gasteiger charge is -2.22. The largest absolute Gasteiger partial charge is 0.335 e. The van der Waals surface area contributed by atoms with Crippen molar-refractivity contribution in [2.45, 2.75) is 65.0 Å². The van der Waals surface area contributed by atoms with Crippen LogP contribution in [0, 0.1) is 11.3 Å². The highest BCUT2D eigenvalue weighted by Crippen LogP contribution is 2.16. The molecule has 0 aromatic carbocycles. The molecule has 0 amide bonds. The van der Waals surface area contributed by atoms with E-state index in [9.17, 15) is 5.26 Å². The molecule has 0 saturated heterocycles. The fourth-order valence-corrected chi connectivity index (χ4v) is 2.35. The van der Waals surface area contributed by atoms with E-state index < -0.39 is 0 Å². The minimum absolute atomic E-state index is 0.384. The average molecular weight is 262 g/mol. The Labute approximate surface area is 116 Å². The van der Waals surface area contributed by atoms with Gasteiger partial charge in [0.05, 0.1) is 6.07 Å². The average Bonchev–Trinajstić information content (AvgIpc) is 2.83. The summed E-state index contributed by atoms with van der Waals surface area (Å²) in [5.41, 5.74) is -0.384. The first kappa shape index (κ1) is 15.7. The van der Waals surface area contributed by atoms with E-state index in [-0.39, 0.29) is 5.54 Å². The Balaban J connectivity index is 2.39. The second-order valence-corrected chi connectivity index (χ2v) is 5.56. The number of nitriles is 1. The van der Waals surface area contributed by atoms with Crippen LogP contribution in [-0.4, -0.2) is 21.6 Å². The third-order valence-corrected chi connectivity index (χ3v) is 3.40. The first-order chi connectivity index (χ1) is 9.02. The molecule has 0 aliphatic carbocycles. The zero-order chi connectivity index (χ0) is 14.3. The van der Waals surface area contributed by atoms with Crippen molar-refractivity contribution in [2.75, 3.05) is 6.54 Å². The lowest BCUT2D eigenvalue weighted by atomic mass is 9.96. The Bertz CT molecular complexity index is 416. The molecule has 1 unspecified atom stereocenters. The molecule has 106 valence electrons. The molecule has 0 aliphatic heterocycles. The van der Waals surface area contributed by atoms with Gasteiger partial charge in [0, 0.05) is 24.9 Å². The SMILES string of the molecule is CCNC(C)(C#N)CCCCn1ccnc1C(C)C. The van der Waals surface area contributed by atoms with E-state index in [1.165, 1.54) is 0 Å². The highest BCUT2D eigenvalue weighted by atomic mass is 15.1. The van der Waals surface area contributed by atoms with Crippen LogP contribution in [0.3, 0.4) is 0 Å². The third kappa shape index (κ3) is 4.68. The summed E-state index contributed by atoms with van der Waals surface area (Å²) in [7, 11) is 0. The number of imidazole rings is 1. The van der Waals surface area contributed by atoms with Crippen molar-refractivity contribution in [2.24, 2.45) is 0 Å². The van der Waals surface area contributed by atoms with Crippen LogP contribution in [0.4, 0.5) is 0 Å². The number of rotatable bonds is 8. The van der Waals surface area contributed by atoms with Gasteiger partial charge in [-0.3, -0.25) is 5.32 Å². The predicted molar refractivity (Wildman–Crippen MR) is 77.9 cm³/mol. The van der Waals surface area contributed by atoms with E-state index in [2.05, 4.69) is 34.8 Å². The molecule has 1 N–H and O–H groups in total. The molecule has 4 heteroatoms. The van der Waals surface area contributed by atoms with Gasteiger partial charge in [-0.05, 0) is 32.7 Å². The van der Waals surface area contributed by atoms with E-state index in [0.29, 0.717) is 5.92 Å². The van der Waals surface area contributed by atoms with E-state index in [1.54, 1.807) is 0 Å². The van der Waals surface area contributed by atoms with E-state index in [1.807, 2.05) is 26.2 Å². The maximum atomic E-state index is 9.19. The summed E-state index contributed by atoms with van der Waals surface area (Å²) in [6.07, 6.45) is 6.94.